The zero-order valence-electron chi connectivity index (χ0n) is 12.2. The molecule has 5 nitrogen and oxygen atoms in total. The van der Waals surface area contributed by atoms with Crippen molar-refractivity contribution in [3.63, 3.8) is 0 Å². The summed E-state index contributed by atoms with van der Waals surface area (Å²) in [6.07, 6.45) is 1.84. The minimum atomic E-state index is -0.382. The standard InChI is InChI=1S/C15H23NO4/c1-3-5-9-19-14(17)11-20-15-12(10-16)7-6-8-13(15)18-4-2/h6-8H,3-5,9-11,16H2,1-2H3. The fourth-order valence-electron chi connectivity index (χ4n) is 1.66. The van der Waals surface area contributed by atoms with Crippen molar-refractivity contribution in [2.75, 3.05) is 19.8 Å². The van der Waals surface area contributed by atoms with Gasteiger partial charge < -0.3 is 19.9 Å². The maximum absolute atomic E-state index is 11.5. The summed E-state index contributed by atoms with van der Waals surface area (Å²) in [6, 6.07) is 5.49. The highest BCUT2D eigenvalue weighted by molar-refractivity contribution is 5.71. The van der Waals surface area contributed by atoms with Gasteiger partial charge in [0.15, 0.2) is 18.1 Å². The molecule has 0 heterocycles. The Hall–Kier alpha value is -1.75. The molecule has 2 N–H and O–H groups in total. The zero-order valence-corrected chi connectivity index (χ0v) is 12.2. The molecule has 20 heavy (non-hydrogen) atoms. The Bertz CT molecular complexity index is 420. The van der Waals surface area contributed by atoms with Crippen molar-refractivity contribution >= 4 is 5.97 Å². The second-order valence-corrected chi connectivity index (χ2v) is 4.24. The lowest BCUT2D eigenvalue weighted by molar-refractivity contribution is -0.146. The monoisotopic (exact) mass is 281 g/mol. The number of carbonyl (C=O) groups excluding carboxylic acids is 1. The average molecular weight is 281 g/mol. The van der Waals surface area contributed by atoms with Crippen LogP contribution in [-0.4, -0.2) is 25.8 Å². The van der Waals surface area contributed by atoms with E-state index in [4.69, 9.17) is 19.9 Å². The van der Waals surface area contributed by atoms with E-state index in [2.05, 4.69) is 0 Å². The molecule has 1 aromatic rings. The first-order valence-electron chi connectivity index (χ1n) is 6.96. The molecule has 0 aliphatic carbocycles. The summed E-state index contributed by atoms with van der Waals surface area (Å²) >= 11 is 0. The Kier molecular flexibility index (Phi) is 7.50. The first-order chi connectivity index (χ1) is 9.72. The van der Waals surface area contributed by atoms with Gasteiger partial charge in [0, 0.05) is 12.1 Å². The third-order valence-electron chi connectivity index (χ3n) is 2.68. The van der Waals surface area contributed by atoms with Gasteiger partial charge in [-0.25, -0.2) is 4.79 Å². The van der Waals surface area contributed by atoms with Crippen LogP contribution in [0.1, 0.15) is 32.3 Å². The molecule has 0 fully saturated rings. The van der Waals surface area contributed by atoms with E-state index >= 15 is 0 Å². The highest BCUT2D eigenvalue weighted by atomic mass is 16.6. The van der Waals surface area contributed by atoms with Crippen LogP contribution in [-0.2, 0) is 16.1 Å². The van der Waals surface area contributed by atoms with E-state index in [0.717, 1.165) is 18.4 Å². The number of hydrogen-bond donors (Lipinski definition) is 1. The van der Waals surface area contributed by atoms with Gasteiger partial charge in [-0.15, -0.1) is 0 Å². The quantitative estimate of drug-likeness (QED) is 0.555. The summed E-state index contributed by atoms with van der Waals surface area (Å²) < 4.78 is 16.0. The normalized spacial score (nSPS) is 10.2. The van der Waals surface area contributed by atoms with Gasteiger partial charge in [-0.1, -0.05) is 25.5 Å². The van der Waals surface area contributed by atoms with Gasteiger partial charge in [-0.2, -0.15) is 0 Å². The van der Waals surface area contributed by atoms with Crippen LogP contribution in [0.5, 0.6) is 11.5 Å². The predicted octanol–water partition coefficient (Wildman–Crippen LogP) is 2.27. The van der Waals surface area contributed by atoms with Crippen LogP contribution in [0.15, 0.2) is 18.2 Å². The smallest absolute Gasteiger partial charge is 0.344 e. The second-order valence-electron chi connectivity index (χ2n) is 4.24. The van der Waals surface area contributed by atoms with Crippen LogP contribution < -0.4 is 15.2 Å². The summed E-state index contributed by atoms with van der Waals surface area (Å²) in [5.41, 5.74) is 6.47. The fraction of sp³-hybridized carbons (Fsp3) is 0.533. The largest absolute Gasteiger partial charge is 0.490 e. The van der Waals surface area contributed by atoms with Gasteiger partial charge in [0.1, 0.15) is 0 Å². The van der Waals surface area contributed by atoms with Gasteiger partial charge in [0.2, 0.25) is 0 Å². The average Bonchev–Trinajstić information content (AvgIpc) is 2.46. The van der Waals surface area contributed by atoms with E-state index in [0.29, 0.717) is 31.3 Å². The van der Waals surface area contributed by atoms with Crippen LogP contribution in [0.4, 0.5) is 0 Å². The molecule has 0 atom stereocenters. The van der Waals surface area contributed by atoms with Crippen LogP contribution in [0.2, 0.25) is 0 Å². The van der Waals surface area contributed by atoms with E-state index < -0.39 is 0 Å². The number of rotatable bonds is 9. The van der Waals surface area contributed by atoms with Crippen molar-refractivity contribution in [2.45, 2.75) is 33.2 Å². The number of nitrogens with two attached hydrogens (primary N) is 1. The molecule has 1 rings (SSSR count). The Morgan fingerprint density at radius 2 is 2.05 bits per heavy atom. The van der Waals surface area contributed by atoms with Gasteiger partial charge >= 0.3 is 5.97 Å². The number of para-hydroxylation sites is 1. The lowest BCUT2D eigenvalue weighted by Gasteiger charge is -2.14. The molecule has 0 saturated carbocycles. The Morgan fingerprint density at radius 1 is 1.25 bits per heavy atom. The fourth-order valence-corrected chi connectivity index (χ4v) is 1.66. The zero-order chi connectivity index (χ0) is 14.8. The summed E-state index contributed by atoms with van der Waals surface area (Å²) in [7, 11) is 0. The number of benzene rings is 1. The molecule has 0 spiro atoms. The van der Waals surface area contributed by atoms with Gasteiger partial charge in [0.05, 0.1) is 13.2 Å². The second kappa shape index (κ2) is 9.20. The molecule has 112 valence electrons. The summed E-state index contributed by atoms with van der Waals surface area (Å²) in [6.45, 7) is 5.05. The van der Waals surface area contributed by atoms with Crippen molar-refractivity contribution in [3.05, 3.63) is 23.8 Å². The minimum absolute atomic E-state index is 0.138. The Morgan fingerprint density at radius 3 is 2.70 bits per heavy atom. The molecule has 0 aromatic heterocycles. The molecule has 0 aliphatic rings. The lowest BCUT2D eigenvalue weighted by Crippen LogP contribution is -2.17. The maximum Gasteiger partial charge on any atom is 0.344 e. The highest BCUT2D eigenvalue weighted by Gasteiger charge is 2.12. The lowest BCUT2D eigenvalue weighted by atomic mass is 10.2. The third kappa shape index (κ3) is 5.09. The molecule has 0 unspecified atom stereocenters. The molecule has 0 aliphatic heterocycles. The van der Waals surface area contributed by atoms with Crippen LogP contribution >= 0.6 is 0 Å². The first-order valence-corrected chi connectivity index (χ1v) is 6.96. The highest BCUT2D eigenvalue weighted by Crippen LogP contribution is 2.31. The molecular formula is C15H23NO4. The third-order valence-corrected chi connectivity index (χ3v) is 2.68. The number of esters is 1. The van der Waals surface area contributed by atoms with Gasteiger partial charge in [0.25, 0.3) is 0 Å². The van der Waals surface area contributed by atoms with Crippen molar-refractivity contribution in [3.8, 4) is 11.5 Å². The van der Waals surface area contributed by atoms with Crippen LogP contribution in [0.25, 0.3) is 0 Å². The summed E-state index contributed by atoms with van der Waals surface area (Å²) in [5.74, 6) is 0.730. The van der Waals surface area contributed by atoms with Crippen molar-refractivity contribution in [1.29, 1.82) is 0 Å². The number of hydrogen-bond acceptors (Lipinski definition) is 5. The van der Waals surface area contributed by atoms with Gasteiger partial charge in [-0.3, -0.25) is 0 Å². The van der Waals surface area contributed by atoms with Crippen LogP contribution in [0.3, 0.4) is 0 Å². The molecule has 5 heteroatoms. The number of ether oxygens (including phenoxy) is 3. The molecule has 0 radical (unpaired) electrons. The van der Waals surface area contributed by atoms with Crippen molar-refractivity contribution in [1.82, 2.24) is 0 Å². The predicted molar refractivity (Wildman–Crippen MR) is 76.9 cm³/mol. The number of carbonyl (C=O) groups is 1. The summed E-state index contributed by atoms with van der Waals surface area (Å²) in [5, 5.41) is 0. The van der Waals surface area contributed by atoms with Crippen molar-refractivity contribution in [2.24, 2.45) is 5.73 Å². The Balaban J connectivity index is 2.63. The molecule has 0 bridgehead atoms. The minimum Gasteiger partial charge on any atom is -0.490 e. The van der Waals surface area contributed by atoms with E-state index in [9.17, 15) is 4.79 Å². The first kappa shape index (κ1) is 16.3. The summed E-state index contributed by atoms with van der Waals surface area (Å²) in [4.78, 5) is 11.5. The van der Waals surface area contributed by atoms with E-state index in [1.807, 2.05) is 26.0 Å². The molecule has 0 amide bonds. The maximum atomic E-state index is 11.5. The van der Waals surface area contributed by atoms with E-state index in [-0.39, 0.29) is 12.6 Å². The topological polar surface area (TPSA) is 70.8 Å². The van der Waals surface area contributed by atoms with E-state index in [1.165, 1.54) is 0 Å². The SMILES string of the molecule is CCCCOC(=O)COc1c(CN)cccc1OCC. The molecular weight excluding hydrogens is 258 g/mol. The number of unbranched alkanes of at least 4 members (excludes halogenated alkanes) is 1. The van der Waals surface area contributed by atoms with E-state index in [1.54, 1.807) is 6.07 Å². The van der Waals surface area contributed by atoms with Crippen LogP contribution in [0, 0.1) is 0 Å². The Labute approximate surface area is 120 Å². The molecule has 1 aromatic carbocycles. The molecule has 0 saturated heterocycles. The van der Waals surface area contributed by atoms with Crippen molar-refractivity contribution < 1.29 is 19.0 Å². The van der Waals surface area contributed by atoms with Gasteiger partial charge in [-0.05, 0) is 19.4 Å².